The van der Waals surface area contributed by atoms with Crippen LogP contribution in [0.1, 0.15) is 31.9 Å². The second kappa shape index (κ2) is 9.42. The monoisotopic (exact) mass is 423 g/mol. The lowest BCUT2D eigenvalue weighted by Gasteiger charge is -2.23. The maximum Gasteiger partial charge on any atom is 0.326 e. The molecule has 2 atom stereocenters. The number of amides is 1. The number of carboxylic acids is 1. The summed E-state index contributed by atoms with van der Waals surface area (Å²) in [5, 5.41) is 22.0. The molecule has 8 nitrogen and oxygen atoms in total. The summed E-state index contributed by atoms with van der Waals surface area (Å²) < 4.78 is 1.27. The predicted molar refractivity (Wildman–Crippen MR) is 116 cm³/mol. The van der Waals surface area contributed by atoms with Crippen LogP contribution in [-0.2, 0) is 16.0 Å². The second-order valence-corrected chi connectivity index (χ2v) is 7.89. The molecule has 1 amide bonds. The Morgan fingerprint density at radius 2 is 1.77 bits per heavy atom. The number of nitrogens with zero attached hydrogens (tertiary/aromatic N) is 2. The summed E-state index contributed by atoms with van der Waals surface area (Å²) in [5.41, 5.74) is 0.829. The summed E-state index contributed by atoms with van der Waals surface area (Å²) in [5.74, 6) is -1.60. The highest BCUT2D eigenvalue weighted by molar-refractivity contribution is 5.86. The first-order chi connectivity index (χ1) is 14.8. The van der Waals surface area contributed by atoms with Gasteiger partial charge in [0.25, 0.3) is 5.56 Å². The fourth-order valence-electron chi connectivity index (χ4n) is 3.43. The molecule has 3 N–H and O–H groups in total. The van der Waals surface area contributed by atoms with Crippen molar-refractivity contribution in [2.45, 2.75) is 38.8 Å². The summed E-state index contributed by atoms with van der Waals surface area (Å²) in [6, 6.07) is 10.9. The number of hydrogen-bond donors (Lipinski definition) is 3. The number of carboxylic acid groups (broad SMARTS) is 1. The molecule has 31 heavy (non-hydrogen) atoms. The predicted octanol–water partition coefficient (Wildman–Crippen LogP) is 2.50. The van der Waals surface area contributed by atoms with Gasteiger partial charge < -0.3 is 15.5 Å². The van der Waals surface area contributed by atoms with Gasteiger partial charge in [-0.1, -0.05) is 38.1 Å². The standard InChI is InChI=1S/C23H25N3O5/c1-14(2)11-20(26-13-24-18-6-4-3-5-17(18)22(26)29)21(28)25-19(23(30)31)12-15-7-9-16(27)10-8-15/h3-10,13-14,19-20,27H,11-12H2,1-2H3,(H,25,28)(H,30,31). The lowest BCUT2D eigenvalue weighted by Crippen LogP contribution is -2.47. The van der Waals surface area contributed by atoms with Crippen molar-refractivity contribution in [1.29, 1.82) is 0 Å². The van der Waals surface area contributed by atoms with Gasteiger partial charge in [-0.05, 0) is 42.2 Å². The Bertz CT molecular complexity index is 1140. The summed E-state index contributed by atoms with van der Waals surface area (Å²) in [6.45, 7) is 3.84. The number of para-hydroxylation sites is 1. The van der Waals surface area contributed by atoms with Crippen molar-refractivity contribution in [3.05, 3.63) is 70.8 Å². The molecule has 2 aromatic carbocycles. The number of phenols is 1. The normalized spacial score (nSPS) is 13.1. The first-order valence-corrected chi connectivity index (χ1v) is 10.0. The van der Waals surface area contributed by atoms with Gasteiger partial charge in [0.2, 0.25) is 5.91 Å². The fraction of sp³-hybridized carbons (Fsp3) is 0.304. The molecule has 0 aliphatic heterocycles. The van der Waals surface area contributed by atoms with Gasteiger partial charge in [0.15, 0.2) is 0 Å². The summed E-state index contributed by atoms with van der Waals surface area (Å²) in [6.07, 6.45) is 1.73. The topological polar surface area (TPSA) is 122 Å². The number of nitrogens with one attached hydrogen (secondary N) is 1. The van der Waals surface area contributed by atoms with E-state index in [1.807, 2.05) is 13.8 Å². The van der Waals surface area contributed by atoms with Crippen LogP contribution in [0, 0.1) is 5.92 Å². The minimum Gasteiger partial charge on any atom is -0.508 e. The van der Waals surface area contributed by atoms with E-state index in [0.717, 1.165) is 0 Å². The van der Waals surface area contributed by atoms with Crippen molar-refractivity contribution in [2.24, 2.45) is 5.92 Å². The number of aromatic nitrogens is 2. The highest BCUT2D eigenvalue weighted by Crippen LogP contribution is 2.18. The van der Waals surface area contributed by atoms with Gasteiger partial charge in [0, 0.05) is 6.42 Å². The lowest BCUT2D eigenvalue weighted by molar-refractivity contribution is -0.142. The van der Waals surface area contributed by atoms with Crippen molar-refractivity contribution in [1.82, 2.24) is 14.9 Å². The molecule has 0 spiro atoms. The van der Waals surface area contributed by atoms with E-state index < -0.39 is 24.0 Å². The zero-order chi connectivity index (χ0) is 22.5. The second-order valence-electron chi connectivity index (χ2n) is 7.89. The van der Waals surface area contributed by atoms with E-state index in [1.54, 1.807) is 36.4 Å². The zero-order valence-corrected chi connectivity index (χ0v) is 17.4. The average Bonchev–Trinajstić information content (AvgIpc) is 2.73. The van der Waals surface area contributed by atoms with Crippen molar-refractivity contribution in [3.63, 3.8) is 0 Å². The minimum absolute atomic E-state index is 0.0423. The maximum atomic E-state index is 13.1. The Labute approximate surface area is 179 Å². The number of fused-ring (bicyclic) bond motifs is 1. The highest BCUT2D eigenvalue weighted by atomic mass is 16.4. The molecule has 1 aromatic heterocycles. The van der Waals surface area contributed by atoms with E-state index in [2.05, 4.69) is 10.3 Å². The van der Waals surface area contributed by atoms with Gasteiger partial charge >= 0.3 is 5.97 Å². The number of phenolic OH excluding ortho intramolecular Hbond substituents is 1. The van der Waals surface area contributed by atoms with Gasteiger partial charge in [-0.2, -0.15) is 0 Å². The first kappa shape index (κ1) is 22.0. The molecule has 0 radical (unpaired) electrons. The number of carbonyl (C=O) groups is 2. The molecule has 2 unspecified atom stereocenters. The van der Waals surface area contributed by atoms with Crippen LogP contribution in [0.3, 0.4) is 0 Å². The Kier molecular flexibility index (Phi) is 6.69. The van der Waals surface area contributed by atoms with Crippen molar-refractivity contribution in [2.75, 3.05) is 0 Å². The van der Waals surface area contributed by atoms with Gasteiger partial charge in [0.1, 0.15) is 17.8 Å². The van der Waals surface area contributed by atoms with Gasteiger partial charge in [-0.15, -0.1) is 0 Å². The SMILES string of the molecule is CC(C)CC(C(=O)NC(Cc1ccc(O)cc1)C(=O)O)n1cnc2ccccc2c1=O. The zero-order valence-electron chi connectivity index (χ0n) is 17.4. The van der Waals surface area contributed by atoms with Crippen LogP contribution in [0.25, 0.3) is 10.9 Å². The van der Waals surface area contributed by atoms with E-state index >= 15 is 0 Å². The van der Waals surface area contributed by atoms with Crippen LogP contribution < -0.4 is 10.9 Å². The number of hydrogen-bond acceptors (Lipinski definition) is 5. The third-order valence-corrected chi connectivity index (χ3v) is 5.01. The molecule has 1 heterocycles. The van der Waals surface area contributed by atoms with Crippen LogP contribution in [0.4, 0.5) is 0 Å². The molecule has 0 saturated heterocycles. The van der Waals surface area contributed by atoms with Crippen molar-refractivity contribution < 1.29 is 19.8 Å². The van der Waals surface area contributed by atoms with Crippen LogP contribution in [0.2, 0.25) is 0 Å². The molecular formula is C23H25N3O5. The molecule has 0 fully saturated rings. The third-order valence-electron chi connectivity index (χ3n) is 5.01. The molecule has 3 rings (SSSR count). The van der Waals surface area contributed by atoms with Crippen LogP contribution in [-0.4, -0.2) is 37.7 Å². The molecule has 8 heteroatoms. The van der Waals surface area contributed by atoms with Gasteiger partial charge in [-0.3, -0.25) is 14.2 Å². The maximum absolute atomic E-state index is 13.1. The Balaban J connectivity index is 1.90. The molecule has 0 aliphatic carbocycles. The number of carbonyl (C=O) groups excluding carboxylic acids is 1. The van der Waals surface area contributed by atoms with Gasteiger partial charge in [-0.25, -0.2) is 9.78 Å². The highest BCUT2D eigenvalue weighted by Gasteiger charge is 2.28. The number of aromatic hydroxyl groups is 1. The molecule has 3 aromatic rings. The Hall–Kier alpha value is -3.68. The minimum atomic E-state index is -1.19. The third kappa shape index (κ3) is 5.28. The van der Waals surface area contributed by atoms with E-state index in [1.165, 1.54) is 23.0 Å². The van der Waals surface area contributed by atoms with Gasteiger partial charge in [0.05, 0.1) is 17.2 Å². The van der Waals surface area contributed by atoms with E-state index in [9.17, 15) is 24.6 Å². The summed E-state index contributed by atoms with van der Waals surface area (Å²) in [4.78, 5) is 42.2. The Morgan fingerprint density at radius 1 is 1.10 bits per heavy atom. The molecule has 0 saturated carbocycles. The van der Waals surface area contributed by atoms with Crippen LogP contribution in [0.5, 0.6) is 5.75 Å². The van der Waals surface area contributed by atoms with E-state index in [-0.39, 0.29) is 23.6 Å². The number of benzene rings is 2. The lowest BCUT2D eigenvalue weighted by atomic mass is 10.0. The van der Waals surface area contributed by atoms with Crippen LogP contribution in [0.15, 0.2) is 59.7 Å². The number of rotatable bonds is 8. The van der Waals surface area contributed by atoms with Crippen LogP contribution >= 0.6 is 0 Å². The quantitative estimate of drug-likeness (QED) is 0.512. The summed E-state index contributed by atoms with van der Waals surface area (Å²) in [7, 11) is 0. The Morgan fingerprint density at radius 3 is 2.42 bits per heavy atom. The first-order valence-electron chi connectivity index (χ1n) is 10.0. The largest absolute Gasteiger partial charge is 0.508 e. The van der Waals surface area contributed by atoms with Crippen molar-refractivity contribution in [3.8, 4) is 5.75 Å². The smallest absolute Gasteiger partial charge is 0.326 e. The van der Waals surface area contributed by atoms with E-state index in [4.69, 9.17) is 0 Å². The van der Waals surface area contributed by atoms with Crippen molar-refractivity contribution >= 4 is 22.8 Å². The number of aliphatic carboxylic acids is 1. The summed E-state index contributed by atoms with van der Waals surface area (Å²) >= 11 is 0. The van der Waals surface area contributed by atoms with E-state index in [0.29, 0.717) is 22.9 Å². The average molecular weight is 423 g/mol. The molecule has 0 aliphatic rings. The molecular weight excluding hydrogens is 398 g/mol. The molecule has 0 bridgehead atoms. The molecule has 162 valence electrons. The fourth-order valence-corrected chi connectivity index (χ4v) is 3.43.